The minimum absolute atomic E-state index is 0.0434. The van der Waals surface area contributed by atoms with E-state index in [9.17, 15) is 14.9 Å². The lowest BCUT2D eigenvalue weighted by molar-refractivity contribution is -0.384. The van der Waals surface area contributed by atoms with Gasteiger partial charge in [0.15, 0.2) is 11.7 Å². The molecule has 0 aliphatic rings. The lowest BCUT2D eigenvalue weighted by Crippen LogP contribution is -2.41. The number of rotatable bonds is 6. The average Bonchev–Trinajstić information content (AvgIpc) is 2.59. The van der Waals surface area contributed by atoms with Crippen molar-refractivity contribution in [2.45, 2.75) is 6.54 Å². The number of thiocarbonyl (C=S) groups is 1. The van der Waals surface area contributed by atoms with Gasteiger partial charge in [0.1, 0.15) is 5.75 Å². The Labute approximate surface area is 143 Å². The number of nitrogens with zero attached hydrogens (tertiary/aromatic N) is 1. The molecule has 0 saturated heterocycles. The van der Waals surface area contributed by atoms with E-state index in [1.54, 1.807) is 0 Å². The van der Waals surface area contributed by atoms with Crippen LogP contribution in [0.25, 0.3) is 0 Å². The summed E-state index contributed by atoms with van der Waals surface area (Å²) in [4.78, 5) is 21.8. The van der Waals surface area contributed by atoms with Gasteiger partial charge in [-0.2, -0.15) is 0 Å². The van der Waals surface area contributed by atoms with Crippen LogP contribution in [-0.4, -0.2) is 22.5 Å². The summed E-state index contributed by atoms with van der Waals surface area (Å²) in [7, 11) is 0. The Morgan fingerprint density at radius 3 is 2.42 bits per heavy atom. The molecule has 0 fully saturated rings. The summed E-state index contributed by atoms with van der Waals surface area (Å²) in [6.45, 7) is 0.258. The van der Waals surface area contributed by atoms with Gasteiger partial charge in [-0.1, -0.05) is 30.3 Å². The zero-order valence-electron chi connectivity index (χ0n) is 12.6. The normalized spacial score (nSPS) is 9.83. The summed E-state index contributed by atoms with van der Waals surface area (Å²) in [5.41, 5.74) is 0.995. The molecule has 0 unspecified atom stereocenters. The number of benzene rings is 2. The Kier molecular flexibility index (Phi) is 6.21. The number of hydrogen-bond donors (Lipinski definition) is 2. The number of amides is 1. The van der Waals surface area contributed by atoms with E-state index in [2.05, 4.69) is 10.6 Å². The quantitative estimate of drug-likeness (QED) is 0.473. The molecular formula is C16H15N3O4S. The Bertz CT molecular complexity index is 720. The van der Waals surface area contributed by atoms with E-state index in [1.165, 1.54) is 24.3 Å². The van der Waals surface area contributed by atoms with E-state index < -0.39 is 10.8 Å². The SMILES string of the molecule is O=C(COc1ccc([N+](=O)[O-])cc1)NC(=S)NCc1ccccc1. The Morgan fingerprint density at radius 2 is 1.79 bits per heavy atom. The number of carbonyl (C=O) groups excluding carboxylic acids is 1. The predicted octanol–water partition coefficient (Wildman–Crippen LogP) is 2.16. The largest absolute Gasteiger partial charge is 0.484 e. The van der Waals surface area contributed by atoms with Gasteiger partial charge in [-0.3, -0.25) is 14.9 Å². The van der Waals surface area contributed by atoms with Gasteiger partial charge in [0.05, 0.1) is 4.92 Å². The van der Waals surface area contributed by atoms with Crippen LogP contribution in [0.4, 0.5) is 5.69 Å². The molecule has 0 bridgehead atoms. The van der Waals surface area contributed by atoms with Crippen LogP contribution in [0.15, 0.2) is 54.6 Å². The number of nitrogens with one attached hydrogen (secondary N) is 2. The molecule has 0 saturated carbocycles. The molecule has 0 aromatic heterocycles. The lowest BCUT2D eigenvalue weighted by atomic mass is 10.2. The number of non-ortho nitro benzene ring substituents is 1. The molecule has 0 aliphatic carbocycles. The first-order chi connectivity index (χ1) is 11.5. The zero-order valence-corrected chi connectivity index (χ0v) is 13.4. The molecule has 2 aromatic rings. The van der Waals surface area contributed by atoms with Gasteiger partial charge >= 0.3 is 0 Å². The zero-order chi connectivity index (χ0) is 17.4. The van der Waals surface area contributed by atoms with E-state index in [1.807, 2.05) is 30.3 Å². The van der Waals surface area contributed by atoms with Gasteiger partial charge in [-0.25, -0.2) is 0 Å². The minimum atomic E-state index is -0.507. The van der Waals surface area contributed by atoms with Crippen molar-refractivity contribution in [1.82, 2.24) is 10.6 Å². The Balaban J connectivity index is 1.72. The summed E-state index contributed by atoms with van der Waals surface area (Å²) < 4.78 is 5.24. The second kappa shape index (κ2) is 8.59. The highest BCUT2D eigenvalue weighted by Gasteiger charge is 2.08. The van der Waals surface area contributed by atoms with E-state index in [0.29, 0.717) is 12.3 Å². The first-order valence-electron chi connectivity index (χ1n) is 7.03. The van der Waals surface area contributed by atoms with Crippen molar-refractivity contribution in [2.75, 3.05) is 6.61 Å². The van der Waals surface area contributed by atoms with Crippen molar-refractivity contribution in [3.8, 4) is 5.75 Å². The van der Waals surface area contributed by atoms with Crippen molar-refractivity contribution in [3.63, 3.8) is 0 Å². The molecular weight excluding hydrogens is 330 g/mol. The van der Waals surface area contributed by atoms with Crippen LogP contribution >= 0.6 is 12.2 Å². The molecule has 0 atom stereocenters. The fourth-order valence-electron chi connectivity index (χ4n) is 1.80. The van der Waals surface area contributed by atoms with Crippen molar-refractivity contribution in [2.24, 2.45) is 0 Å². The van der Waals surface area contributed by atoms with Crippen molar-refractivity contribution in [3.05, 3.63) is 70.3 Å². The second-order valence-corrected chi connectivity index (χ2v) is 5.16. The molecule has 2 aromatic carbocycles. The maximum Gasteiger partial charge on any atom is 0.269 e. The minimum Gasteiger partial charge on any atom is -0.484 e. The van der Waals surface area contributed by atoms with E-state index in [-0.39, 0.29) is 17.4 Å². The molecule has 0 heterocycles. The van der Waals surface area contributed by atoms with E-state index in [0.717, 1.165) is 5.56 Å². The van der Waals surface area contributed by atoms with E-state index in [4.69, 9.17) is 17.0 Å². The fraction of sp³-hybridized carbons (Fsp3) is 0.125. The molecule has 2 rings (SSSR count). The molecule has 7 nitrogen and oxygen atoms in total. The van der Waals surface area contributed by atoms with E-state index >= 15 is 0 Å². The van der Waals surface area contributed by atoms with Crippen LogP contribution in [0.5, 0.6) is 5.75 Å². The molecule has 0 radical (unpaired) electrons. The van der Waals surface area contributed by atoms with Crippen molar-refractivity contribution >= 4 is 28.9 Å². The smallest absolute Gasteiger partial charge is 0.269 e. The molecule has 124 valence electrons. The highest BCUT2D eigenvalue weighted by atomic mass is 32.1. The second-order valence-electron chi connectivity index (χ2n) is 4.76. The molecule has 0 spiro atoms. The van der Waals surface area contributed by atoms with Gasteiger partial charge in [-0.05, 0) is 29.9 Å². The summed E-state index contributed by atoms with van der Waals surface area (Å²) in [6.07, 6.45) is 0. The monoisotopic (exact) mass is 345 g/mol. The van der Waals surface area contributed by atoms with Gasteiger partial charge < -0.3 is 15.4 Å². The number of carbonyl (C=O) groups is 1. The predicted molar refractivity (Wildman–Crippen MR) is 92.6 cm³/mol. The molecule has 2 N–H and O–H groups in total. The molecule has 24 heavy (non-hydrogen) atoms. The number of ether oxygens (including phenoxy) is 1. The van der Waals surface area contributed by atoms with Crippen LogP contribution in [0.2, 0.25) is 0 Å². The number of nitro benzene ring substituents is 1. The summed E-state index contributed by atoms with van der Waals surface area (Å²) in [6, 6.07) is 15.1. The molecule has 8 heteroatoms. The summed E-state index contributed by atoms with van der Waals surface area (Å²) in [5.74, 6) is -0.0576. The lowest BCUT2D eigenvalue weighted by Gasteiger charge is -2.10. The summed E-state index contributed by atoms with van der Waals surface area (Å²) >= 11 is 5.03. The Hall–Kier alpha value is -3.00. The summed E-state index contributed by atoms with van der Waals surface area (Å²) in [5, 5.41) is 16.2. The maximum atomic E-state index is 11.7. The van der Waals surface area contributed by atoms with Gasteiger partial charge in [0, 0.05) is 18.7 Å². The highest BCUT2D eigenvalue weighted by Crippen LogP contribution is 2.16. The van der Waals surface area contributed by atoms with Crippen LogP contribution in [0.3, 0.4) is 0 Å². The first-order valence-corrected chi connectivity index (χ1v) is 7.44. The highest BCUT2D eigenvalue weighted by molar-refractivity contribution is 7.80. The van der Waals surface area contributed by atoms with Crippen molar-refractivity contribution < 1.29 is 14.5 Å². The van der Waals surface area contributed by atoms with Crippen molar-refractivity contribution in [1.29, 1.82) is 0 Å². The van der Waals surface area contributed by atoms with Crippen LogP contribution in [0.1, 0.15) is 5.56 Å². The van der Waals surface area contributed by atoms with Crippen LogP contribution in [0, 0.1) is 10.1 Å². The topological polar surface area (TPSA) is 93.5 Å². The maximum absolute atomic E-state index is 11.7. The fourth-order valence-corrected chi connectivity index (χ4v) is 1.98. The third kappa shape index (κ3) is 5.65. The van der Waals surface area contributed by atoms with Gasteiger partial charge in [0.2, 0.25) is 0 Å². The van der Waals surface area contributed by atoms with Crippen LogP contribution < -0.4 is 15.4 Å². The number of nitro groups is 1. The average molecular weight is 345 g/mol. The Morgan fingerprint density at radius 1 is 1.12 bits per heavy atom. The third-order valence-corrected chi connectivity index (χ3v) is 3.21. The van der Waals surface area contributed by atoms with Crippen LogP contribution in [-0.2, 0) is 11.3 Å². The number of hydrogen-bond acceptors (Lipinski definition) is 5. The standard InChI is InChI=1S/C16H15N3O4S/c20-15(11-23-14-8-6-13(7-9-14)19(21)22)18-16(24)17-10-12-4-2-1-3-5-12/h1-9H,10-11H2,(H2,17,18,20,24). The van der Waals surface area contributed by atoms with Gasteiger partial charge in [-0.15, -0.1) is 0 Å². The molecule has 1 amide bonds. The first kappa shape index (κ1) is 17.4. The van der Waals surface area contributed by atoms with Gasteiger partial charge in [0.25, 0.3) is 11.6 Å². The third-order valence-electron chi connectivity index (χ3n) is 2.97. The molecule has 0 aliphatic heterocycles.